The molecule has 1 aliphatic rings. The van der Waals surface area contributed by atoms with E-state index in [9.17, 15) is 9.59 Å². The second-order valence-electron chi connectivity index (χ2n) is 7.74. The molecule has 0 spiro atoms. The number of nitrogens with zero attached hydrogens (tertiary/aromatic N) is 3. The molecule has 2 aromatic carbocycles. The minimum absolute atomic E-state index is 0.123. The van der Waals surface area contributed by atoms with Gasteiger partial charge < -0.3 is 9.73 Å². The first-order chi connectivity index (χ1) is 14.8. The zero-order valence-electron chi connectivity index (χ0n) is 18.0. The Bertz CT molecular complexity index is 1190. The molecular formula is C24H24N4O3. The number of hydrazone groups is 1. The van der Waals surface area contributed by atoms with E-state index < -0.39 is 0 Å². The van der Waals surface area contributed by atoms with Crippen molar-refractivity contribution < 1.29 is 14.0 Å². The summed E-state index contributed by atoms with van der Waals surface area (Å²) in [5, 5.41) is 8.61. The third kappa shape index (κ3) is 4.26. The molecule has 1 aromatic heterocycles. The molecular weight excluding hydrogens is 392 g/mol. The Balaban J connectivity index is 1.57. The van der Waals surface area contributed by atoms with Gasteiger partial charge in [-0.25, -0.2) is 9.99 Å². The van der Waals surface area contributed by atoms with E-state index in [0.717, 1.165) is 28.1 Å². The summed E-state index contributed by atoms with van der Waals surface area (Å²) in [6, 6.07) is 13.1. The molecule has 7 heteroatoms. The van der Waals surface area contributed by atoms with Gasteiger partial charge >= 0.3 is 0 Å². The lowest BCUT2D eigenvalue weighted by molar-refractivity contribution is -0.118. The van der Waals surface area contributed by atoms with Crippen LogP contribution in [0.3, 0.4) is 0 Å². The number of nitrogens with one attached hydrogen (secondary N) is 1. The van der Waals surface area contributed by atoms with E-state index in [1.165, 1.54) is 5.01 Å². The van der Waals surface area contributed by atoms with Crippen LogP contribution in [-0.2, 0) is 9.59 Å². The average Bonchev–Trinajstić information content (AvgIpc) is 3.09. The summed E-state index contributed by atoms with van der Waals surface area (Å²) < 4.78 is 5.68. The lowest BCUT2D eigenvalue weighted by atomic mass is 10.1. The van der Waals surface area contributed by atoms with Crippen molar-refractivity contribution >= 4 is 28.9 Å². The lowest BCUT2D eigenvalue weighted by Crippen LogP contribution is -2.36. The molecule has 0 atom stereocenters. The molecule has 1 N–H and O–H groups in total. The Morgan fingerprint density at radius 1 is 1.06 bits per heavy atom. The zero-order chi connectivity index (χ0) is 22.1. The largest absolute Gasteiger partial charge is 0.441 e. The van der Waals surface area contributed by atoms with Crippen molar-refractivity contribution in [1.82, 2.24) is 4.98 Å². The molecule has 158 valence electrons. The van der Waals surface area contributed by atoms with Gasteiger partial charge in [0.2, 0.25) is 11.8 Å². The van der Waals surface area contributed by atoms with Gasteiger partial charge in [0, 0.05) is 24.1 Å². The van der Waals surface area contributed by atoms with E-state index in [1.54, 1.807) is 12.1 Å². The Morgan fingerprint density at radius 2 is 1.87 bits per heavy atom. The fraction of sp³-hybridized carbons (Fsp3) is 0.250. The Labute approximate surface area is 180 Å². The van der Waals surface area contributed by atoms with Crippen LogP contribution < -0.4 is 10.3 Å². The maximum atomic E-state index is 12.9. The summed E-state index contributed by atoms with van der Waals surface area (Å²) in [7, 11) is 0. The van der Waals surface area contributed by atoms with Gasteiger partial charge in [-0.3, -0.25) is 9.59 Å². The molecule has 2 amide bonds. The highest BCUT2D eigenvalue weighted by Gasteiger charge is 2.26. The summed E-state index contributed by atoms with van der Waals surface area (Å²) >= 11 is 0. The van der Waals surface area contributed by atoms with Crippen LogP contribution in [0, 0.1) is 27.7 Å². The SMILES string of the molecule is Cc1ccc(C)c(N2N=C(C(=O)Nc3cccc(-c4nc(C)c(C)o4)c3)CCC2=O)c1. The molecule has 1 aliphatic heterocycles. The topological polar surface area (TPSA) is 87.8 Å². The van der Waals surface area contributed by atoms with E-state index in [0.29, 0.717) is 29.4 Å². The highest BCUT2D eigenvalue weighted by molar-refractivity contribution is 6.44. The van der Waals surface area contributed by atoms with Gasteiger partial charge in [0.15, 0.2) is 0 Å². The standard InChI is InChI=1S/C24H24N4O3/c1-14-8-9-15(2)21(12-14)28-22(29)11-10-20(27-28)23(30)26-19-7-5-6-18(13-19)24-25-16(3)17(4)31-24/h5-9,12-13H,10-11H2,1-4H3,(H,26,30). The van der Waals surface area contributed by atoms with Crippen molar-refractivity contribution in [2.24, 2.45) is 5.10 Å². The van der Waals surface area contributed by atoms with Gasteiger partial charge in [-0.05, 0) is 63.1 Å². The normalized spacial score (nSPS) is 13.9. The average molecular weight is 416 g/mol. The van der Waals surface area contributed by atoms with Crippen LogP contribution >= 0.6 is 0 Å². The summed E-state index contributed by atoms with van der Waals surface area (Å²) in [6.07, 6.45) is 0.526. The van der Waals surface area contributed by atoms with Crippen molar-refractivity contribution in [2.45, 2.75) is 40.5 Å². The maximum absolute atomic E-state index is 12.9. The van der Waals surface area contributed by atoms with Gasteiger partial charge in [0.25, 0.3) is 5.91 Å². The molecule has 31 heavy (non-hydrogen) atoms. The Kier molecular flexibility index (Phi) is 5.42. The summed E-state index contributed by atoms with van der Waals surface area (Å²) in [4.78, 5) is 29.8. The van der Waals surface area contributed by atoms with E-state index in [4.69, 9.17) is 4.42 Å². The highest BCUT2D eigenvalue weighted by atomic mass is 16.4. The quantitative estimate of drug-likeness (QED) is 0.668. The molecule has 2 heterocycles. The molecule has 0 fully saturated rings. The van der Waals surface area contributed by atoms with Crippen LogP contribution in [0.25, 0.3) is 11.5 Å². The van der Waals surface area contributed by atoms with Crippen LogP contribution in [0.15, 0.2) is 52.0 Å². The minimum Gasteiger partial charge on any atom is -0.441 e. The molecule has 0 saturated heterocycles. The van der Waals surface area contributed by atoms with Crippen molar-refractivity contribution in [3.05, 3.63) is 65.0 Å². The number of hydrogen-bond donors (Lipinski definition) is 1. The number of oxazole rings is 1. The number of amides is 2. The highest BCUT2D eigenvalue weighted by Crippen LogP contribution is 2.27. The predicted molar refractivity (Wildman–Crippen MR) is 120 cm³/mol. The first-order valence-corrected chi connectivity index (χ1v) is 10.2. The third-order valence-electron chi connectivity index (χ3n) is 5.28. The number of anilines is 2. The Hall–Kier alpha value is -3.74. The van der Waals surface area contributed by atoms with E-state index in [2.05, 4.69) is 15.4 Å². The molecule has 4 rings (SSSR count). The molecule has 0 aliphatic carbocycles. The van der Waals surface area contributed by atoms with Gasteiger partial charge in [0.05, 0.1) is 11.4 Å². The van der Waals surface area contributed by atoms with Crippen LogP contribution in [-0.4, -0.2) is 22.5 Å². The fourth-order valence-electron chi connectivity index (χ4n) is 3.38. The summed E-state index contributed by atoms with van der Waals surface area (Å²) in [5.41, 5.74) is 5.17. The number of aromatic nitrogens is 1. The maximum Gasteiger partial charge on any atom is 0.271 e. The number of carbonyl (C=O) groups excluding carboxylic acids is 2. The van der Waals surface area contributed by atoms with E-state index in [-0.39, 0.29) is 18.2 Å². The smallest absolute Gasteiger partial charge is 0.271 e. The molecule has 3 aromatic rings. The van der Waals surface area contributed by atoms with Crippen molar-refractivity contribution in [2.75, 3.05) is 10.3 Å². The van der Waals surface area contributed by atoms with E-state index >= 15 is 0 Å². The predicted octanol–water partition coefficient (Wildman–Crippen LogP) is 4.70. The van der Waals surface area contributed by atoms with Gasteiger partial charge in [-0.2, -0.15) is 5.10 Å². The minimum atomic E-state index is -0.334. The molecule has 0 bridgehead atoms. The zero-order valence-corrected chi connectivity index (χ0v) is 18.0. The number of carbonyl (C=O) groups is 2. The van der Waals surface area contributed by atoms with Crippen molar-refractivity contribution in [1.29, 1.82) is 0 Å². The van der Waals surface area contributed by atoms with Crippen LogP contribution in [0.1, 0.15) is 35.4 Å². The fourth-order valence-corrected chi connectivity index (χ4v) is 3.38. The van der Waals surface area contributed by atoms with Crippen molar-refractivity contribution in [3.8, 4) is 11.5 Å². The lowest BCUT2D eigenvalue weighted by Gasteiger charge is -2.24. The van der Waals surface area contributed by atoms with Crippen molar-refractivity contribution in [3.63, 3.8) is 0 Å². The van der Waals surface area contributed by atoms with Crippen LogP contribution in [0.2, 0.25) is 0 Å². The monoisotopic (exact) mass is 416 g/mol. The number of benzene rings is 2. The third-order valence-corrected chi connectivity index (χ3v) is 5.28. The Morgan fingerprint density at radius 3 is 2.61 bits per heavy atom. The van der Waals surface area contributed by atoms with E-state index in [1.807, 2.05) is 58.0 Å². The van der Waals surface area contributed by atoms with Gasteiger partial charge in [0.1, 0.15) is 11.5 Å². The first-order valence-electron chi connectivity index (χ1n) is 10.2. The molecule has 0 radical (unpaired) electrons. The van der Waals surface area contributed by atoms with Crippen LogP contribution in [0.4, 0.5) is 11.4 Å². The summed E-state index contributed by atoms with van der Waals surface area (Å²) in [6.45, 7) is 7.63. The van der Waals surface area contributed by atoms with Gasteiger partial charge in [-0.1, -0.05) is 18.2 Å². The second kappa shape index (κ2) is 8.18. The summed E-state index contributed by atoms with van der Waals surface area (Å²) in [5.74, 6) is 0.812. The molecule has 7 nitrogen and oxygen atoms in total. The van der Waals surface area contributed by atoms with Gasteiger partial charge in [-0.15, -0.1) is 0 Å². The number of rotatable bonds is 4. The van der Waals surface area contributed by atoms with Crippen LogP contribution in [0.5, 0.6) is 0 Å². The second-order valence-corrected chi connectivity index (χ2v) is 7.74. The molecule has 0 unspecified atom stereocenters. The first kappa shape index (κ1) is 20.5. The number of hydrogen-bond acceptors (Lipinski definition) is 5. The molecule has 0 saturated carbocycles. The number of aryl methyl sites for hydroxylation is 4.